The molecule has 1 fully saturated rings. The third-order valence-electron chi connectivity index (χ3n) is 3.88. The minimum Gasteiger partial charge on any atom is -0.326 e. The fourth-order valence-electron chi connectivity index (χ4n) is 2.38. The second-order valence-corrected chi connectivity index (χ2v) is 7.23. The first-order valence-corrected chi connectivity index (χ1v) is 8.91. The van der Waals surface area contributed by atoms with E-state index in [1.165, 1.54) is 12.1 Å². The monoisotopic (exact) mass is 474 g/mol. The summed E-state index contributed by atoms with van der Waals surface area (Å²) >= 11 is 2.01. The van der Waals surface area contributed by atoms with E-state index < -0.39 is 17.6 Å². The molecule has 2 aromatic rings. The zero-order valence-corrected chi connectivity index (χ0v) is 15.5. The highest BCUT2D eigenvalue weighted by molar-refractivity contribution is 14.1. The van der Waals surface area contributed by atoms with Crippen molar-refractivity contribution in [2.75, 3.05) is 10.6 Å². The minimum atomic E-state index is -4.67. The van der Waals surface area contributed by atoms with Crippen molar-refractivity contribution in [1.29, 1.82) is 0 Å². The number of hydrogen-bond donors (Lipinski definition) is 2. The van der Waals surface area contributed by atoms with Crippen molar-refractivity contribution in [2.24, 2.45) is 5.92 Å². The van der Waals surface area contributed by atoms with Crippen LogP contribution in [-0.4, -0.2) is 11.8 Å². The highest BCUT2D eigenvalue weighted by atomic mass is 127. The third kappa shape index (κ3) is 4.54. The number of hydrogen-bond acceptors (Lipinski definition) is 2. The molecule has 2 aromatic carbocycles. The van der Waals surface area contributed by atoms with Crippen molar-refractivity contribution in [3.63, 3.8) is 0 Å². The Kier molecular flexibility index (Phi) is 5.22. The van der Waals surface area contributed by atoms with E-state index in [2.05, 4.69) is 10.6 Å². The van der Waals surface area contributed by atoms with Crippen LogP contribution in [-0.2, 0) is 11.0 Å². The van der Waals surface area contributed by atoms with Crippen molar-refractivity contribution in [1.82, 2.24) is 0 Å². The Morgan fingerprint density at radius 3 is 2.38 bits per heavy atom. The van der Waals surface area contributed by atoms with Crippen LogP contribution in [0.2, 0.25) is 0 Å². The number of nitrogens with one attached hydrogen (secondary N) is 2. The molecule has 0 spiro atoms. The van der Waals surface area contributed by atoms with Crippen LogP contribution >= 0.6 is 22.6 Å². The van der Waals surface area contributed by atoms with E-state index in [1.807, 2.05) is 22.6 Å². The molecule has 0 aromatic heterocycles. The first kappa shape index (κ1) is 18.7. The first-order chi connectivity index (χ1) is 12.2. The van der Waals surface area contributed by atoms with Gasteiger partial charge in [-0.2, -0.15) is 13.2 Å². The van der Waals surface area contributed by atoms with Gasteiger partial charge in [0.05, 0.1) is 11.3 Å². The fourth-order valence-corrected chi connectivity index (χ4v) is 2.92. The summed E-state index contributed by atoms with van der Waals surface area (Å²) in [5, 5.41) is 4.78. The van der Waals surface area contributed by atoms with Gasteiger partial charge in [-0.15, -0.1) is 0 Å². The summed E-state index contributed by atoms with van der Waals surface area (Å²) in [6.07, 6.45) is -3.17. The van der Waals surface area contributed by atoms with Crippen LogP contribution in [0.25, 0.3) is 0 Å². The Hall–Kier alpha value is -2.10. The van der Waals surface area contributed by atoms with Crippen molar-refractivity contribution in [3.05, 3.63) is 57.2 Å². The third-order valence-corrected chi connectivity index (χ3v) is 4.55. The molecule has 0 atom stereocenters. The second kappa shape index (κ2) is 7.26. The van der Waals surface area contributed by atoms with E-state index in [1.54, 1.807) is 18.2 Å². The molecule has 2 N–H and O–H groups in total. The summed E-state index contributed by atoms with van der Waals surface area (Å²) in [6.45, 7) is 0. The lowest BCUT2D eigenvalue weighted by Crippen LogP contribution is -2.18. The molecule has 0 radical (unpaired) electrons. The van der Waals surface area contributed by atoms with Crippen LogP contribution in [0.15, 0.2) is 42.5 Å². The Morgan fingerprint density at radius 2 is 1.77 bits per heavy atom. The highest BCUT2D eigenvalue weighted by Gasteiger charge is 2.35. The van der Waals surface area contributed by atoms with Gasteiger partial charge >= 0.3 is 6.18 Å². The number of carbonyl (C=O) groups excluding carboxylic acids is 2. The van der Waals surface area contributed by atoms with Crippen molar-refractivity contribution < 1.29 is 22.8 Å². The molecule has 8 heteroatoms. The minimum absolute atomic E-state index is 0.0569. The smallest absolute Gasteiger partial charge is 0.326 e. The van der Waals surface area contributed by atoms with Crippen LogP contribution < -0.4 is 10.6 Å². The maximum Gasteiger partial charge on any atom is 0.418 e. The molecular formula is C18H14F3IN2O2. The molecule has 0 aliphatic heterocycles. The second-order valence-electron chi connectivity index (χ2n) is 5.99. The molecule has 2 amide bonds. The number of halogens is 4. The number of rotatable bonds is 4. The van der Waals surface area contributed by atoms with Gasteiger partial charge in [0.2, 0.25) is 5.91 Å². The summed E-state index contributed by atoms with van der Waals surface area (Å²) < 4.78 is 41.0. The van der Waals surface area contributed by atoms with Gasteiger partial charge in [0.15, 0.2) is 0 Å². The molecule has 136 valence electrons. The standard InChI is InChI=1S/C18H14F3IN2O2/c19-18(20,21)14-9-13(23-16(25)10-4-5-10)6-7-15(14)24-17(26)11-2-1-3-12(22)8-11/h1-3,6-10H,4-5H2,(H,23,25)(H,24,26). The molecule has 1 aliphatic carbocycles. The number of anilines is 2. The molecule has 0 bridgehead atoms. The Morgan fingerprint density at radius 1 is 1.04 bits per heavy atom. The molecule has 0 heterocycles. The van der Waals surface area contributed by atoms with Crippen LogP contribution in [0.5, 0.6) is 0 Å². The molecule has 1 saturated carbocycles. The largest absolute Gasteiger partial charge is 0.418 e. The lowest BCUT2D eigenvalue weighted by Gasteiger charge is -2.16. The van der Waals surface area contributed by atoms with E-state index >= 15 is 0 Å². The molecule has 1 aliphatic rings. The van der Waals surface area contributed by atoms with E-state index in [4.69, 9.17) is 0 Å². The normalized spacial score (nSPS) is 14.0. The molecule has 3 rings (SSSR count). The van der Waals surface area contributed by atoms with Gasteiger partial charge in [0.1, 0.15) is 0 Å². The zero-order valence-electron chi connectivity index (χ0n) is 13.4. The predicted molar refractivity (Wildman–Crippen MR) is 99.9 cm³/mol. The Labute approximate surface area is 161 Å². The topological polar surface area (TPSA) is 58.2 Å². The summed E-state index contributed by atoms with van der Waals surface area (Å²) in [5.74, 6) is -1.04. The molecule has 4 nitrogen and oxygen atoms in total. The maximum absolute atomic E-state index is 13.4. The first-order valence-electron chi connectivity index (χ1n) is 7.83. The lowest BCUT2D eigenvalue weighted by molar-refractivity contribution is -0.137. The van der Waals surface area contributed by atoms with Crippen molar-refractivity contribution in [2.45, 2.75) is 19.0 Å². The van der Waals surface area contributed by atoms with Crippen molar-refractivity contribution >= 4 is 45.8 Å². The molecule has 0 saturated heterocycles. The highest BCUT2D eigenvalue weighted by Crippen LogP contribution is 2.37. The molecule has 0 unspecified atom stereocenters. The van der Waals surface area contributed by atoms with Gasteiger partial charge in [0, 0.05) is 20.7 Å². The van der Waals surface area contributed by atoms with Gasteiger partial charge in [-0.05, 0) is 71.8 Å². The Bertz CT molecular complexity index is 864. The van der Waals surface area contributed by atoms with Crippen LogP contribution in [0, 0.1) is 9.49 Å². The summed E-state index contributed by atoms with van der Waals surface area (Å²) in [7, 11) is 0. The summed E-state index contributed by atoms with van der Waals surface area (Å²) in [6, 6.07) is 9.86. The summed E-state index contributed by atoms with van der Waals surface area (Å²) in [5.41, 5.74) is -1.05. The number of alkyl halides is 3. The quantitative estimate of drug-likeness (QED) is 0.619. The number of benzene rings is 2. The summed E-state index contributed by atoms with van der Waals surface area (Å²) in [4.78, 5) is 24.0. The van der Waals surface area contributed by atoms with Gasteiger partial charge in [-0.3, -0.25) is 9.59 Å². The Balaban J connectivity index is 1.85. The van der Waals surface area contributed by atoms with Crippen molar-refractivity contribution in [3.8, 4) is 0 Å². The average molecular weight is 474 g/mol. The number of carbonyl (C=O) groups is 2. The van der Waals surface area contributed by atoms with Gasteiger partial charge in [-0.1, -0.05) is 6.07 Å². The lowest BCUT2D eigenvalue weighted by atomic mass is 10.1. The van der Waals surface area contributed by atoms with E-state index in [0.717, 1.165) is 28.5 Å². The fraction of sp³-hybridized carbons (Fsp3) is 0.222. The SMILES string of the molecule is O=C(Nc1ccc(NC(=O)C2CC2)cc1C(F)(F)F)c1cccc(I)c1. The molecular weight excluding hydrogens is 460 g/mol. The van der Waals surface area contributed by atoms with E-state index in [0.29, 0.717) is 0 Å². The average Bonchev–Trinajstić information content (AvgIpc) is 3.40. The van der Waals surface area contributed by atoms with Crippen LogP contribution in [0.1, 0.15) is 28.8 Å². The zero-order chi connectivity index (χ0) is 18.9. The van der Waals surface area contributed by atoms with E-state index in [-0.39, 0.29) is 28.8 Å². The maximum atomic E-state index is 13.4. The van der Waals surface area contributed by atoms with Crippen LogP contribution in [0.3, 0.4) is 0 Å². The van der Waals surface area contributed by atoms with Gasteiger partial charge < -0.3 is 10.6 Å². The van der Waals surface area contributed by atoms with E-state index in [9.17, 15) is 22.8 Å². The number of amides is 2. The molecule has 26 heavy (non-hydrogen) atoms. The predicted octanol–water partition coefficient (Wildman–Crippen LogP) is 4.91. The van der Waals surface area contributed by atoms with Gasteiger partial charge in [0.25, 0.3) is 5.91 Å². The van der Waals surface area contributed by atoms with Crippen LogP contribution in [0.4, 0.5) is 24.5 Å². The van der Waals surface area contributed by atoms with Gasteiger partial charge in [-0.25, -0.2) is 0 Å².